The summed E-state index contributed by atoms with van der Waals surface area (Å²) >= 11 is 1.50. The summed E-state index contributed by atoms with van der Waals surface area (Å²) in [6.45, 7) is 4.27. The number of hydrogen-bond acceptors (Lipinski definition) is 5. The molecule has 0 saturated carbocycles. The molecule has 6 nitrogen and oxygen atoms in total. The molecule has 0 aliphatic heterocycles. The molecule has 9 heteroatoms. The van der Waals surface area contributed by atoms with Crippen molar-refractivity contribution in [1.82, 2.24) is 4.72 Å². The molecule has 0 amide bonds. The average molecular weight is 493 g/mol. The fraction of sp³-hybridized carbons (Fsp3) is 0.304. The normalized spacial score (nSPS) is 13.2. The Morgan fingerprint density at radius 1 is 0.875 bits per heavy atom. The fourth-order valence-electron chi connectivity index (χ4n) is 3.35. The molecule has 1 heterocycles. The minimum absolute atomic E-state index is 0.224. The maximum absolute atomic E-state index is 13.1. The third-order valence-electron chi connectivity index (χ3n) is 4.81. The second-order valence-electron chi connectivity index (χ2n) is 8.11. The summed E-state index contributed by atoms with van der Waals surface area (Å²) in [6, 6.07) is 20.2. The van der Waals surface area contributed by atoms with Crippen molar-refractivity contribution in [2.75, 3.05) is 11.0 Å². The molecular weight excluding hydrogens is 464 g/mol. The Kier molecular flexibility index (Phi) is 7.76. The van der Waals surface area contributed by atoms with Gasteiger partial charge < -0.3 is 0 Å². The first kappa shape index (κ1) is 24.4. The molecule has 0 aliphatic carbocycles. The van der Waals surface area contributed by atoms with Crippen LogP contribution in [-0.4, -0.2) is 23.1 Å². The van der Waals surface area contributed by atoms with Gasteiger partial charge in [-0.1, -0.05) is 56.3 Å². The molecule has 2 aromatic carbocycles. The molecule has 3 rings (SSSR count). The topological polar surface area (TPSA) is 92.3 Å². The molecule has 2 N–H and O–H groups in total. The van der Waals surface area contributed by atoms with Crippen LogP contribution in [0.5, 0.6) is 0 Å². The number of hydrogen-bond donors (Lipinski definition) is 2. The van der Waals surface area contributed by atoms with Crippen molar-refractivity contribution in [3.63, 3.8) is 0 Å². The summed E-state index contributed by atoms with van der Waals surface area (Å²) in [5, 5.41) is -0.599. The smallest absolute Gasteiger partial charge is 0.229 e. The summed E-state index contributed by atoms with van der Waals surface area (Å²) in [5.74, 6) is 0.241. The van der Waals surface area contributed by atoms with E-state index in [9.17, 15) is 16.8 Å². The highest BCUT2D eigenvalue weighted by atomic mass is 32.2. The third-order valence-corrected chi connectivity index (χ3v) is 8.31. The Labute approximate surface area is 194 Å². The molecule has 0 aliphatic rings. The van der Waals surface area contributed by atoms with Crippen molar-refractivity contribution >= 4 is 37.1 Å². The van der Waals surface area contributed by atoms with E-state index >= 15 is 0 Å². The number of anilines is 1. The zero-order chi connectivity index (χ0) is 23.4. The first-order valence-electron chi connectivity index (χ1n) is 10.2. The van der Waals surface area contributed by atoms with Crippen molar-refractivity contribution in [3.8, 4) is 10.4 Å². The molecule has 1 atom stereocenters. The van der Waals surface area contributed by atoms with Gasteiger partial charge in [0.25, 0.3) is 0 Å². The van der Waals surface area contributed by atoms with Crippen LogP contribution in [-0.2, 0) is 26.6 Å². The Morgan fingerprint density at radius 2 is 1.53 bits per heavy atom. The number of rotatable bonds is 10. The quantitative estimate of drug-likeness (QED) is 0.417. The minimum Gasteiger partial charge on any atom is -0.284 e. The average Bonchev–Trinajstić information content (AvgIpc) is 3.20. The largest absolute Gasteiger partial charge is 0.284 e. The van der Waals surface area contributed by atoms with E-state index in [1.807, 2.05) is 68.4 Å². The number of nitrogens with one attached hydrogen (secondary N) is 2. The van der Waals surface area contributed by atoms with Gasteiger partial charge in [0.1, 0.15) is 5.25 Å². The number of benzene rings is 2. The van der Waals surface area contributed by atoms with E-state index in [0.29, 0.717) is 12.1 Å². The van der Waals surface area contributed by atoms with Gasteiger partial charge in [-0.2, -0.15) is 0 Å². The van der Waals surface area contributed by atoms with Gasteiger partial charge in [-0.25, -0.2) is 21.6 Å². The van der Waals surface area contributed by atoms with Crippen molar-refractivity contribution in [1.29, 1.82) is 0 Å². The van der Waals surface area contributed by atoms with Crippen molar-refractivity contribution in [2.24, 2.45) is 5.92 Å². The number of thiophene rings is 1. The van der Waals surface area contributed by atoms with Gasteiger partial charge in [0.2, 0.25) is 20.0 Å². The van der Waals surface area contributed by atoms with E-state index in [0.717, 1.165) is 27.1 Å². The van der Waals surface area contributed by atoms with E-state index in [-0.39, 0.29) is 12.5 Å². The maximum atomic E-state index is 13.1. The van der Waals surface area contributed by atoms with Crippen LogP contribution in [0.4, 0.5) is 5.69 Å². The van der Waals surface area contributed by atoms with Crippen molar-refractivity contribution in [3.05, 3.63) is 77.2 Å². The molecule has 0 spiro atoms. The van der Waals surface area contributed by atoms with Gasteiger partial charge in [-0.3, -0.25) is 4.72 Å². The lowest BCUT2D eigenvalue weighted by Crippen LogP contribution is -2.29. The predicted molar refractivity (Wildman–Crippen MR) is 133 cm³/mol. The van der Waals surface area contributed by atoms with E-state index in [2.05, 4.69) is 9.44 Å². The van der Waals surface area contributed by atoms with Crippen LogP contribution in [0.1, 0.15) is 36.0 Å². The monoisotopic (exact) mass is 492 g/mol. The van der Waals surface area contributed by atoms with Crippen LogP contribution in [0, 0.1) is 5.92 Å². The summed E-state index contributed by atoms with van der Waals surface area (Å²) < 4.78 is 54.1. The van der Waals surface area contributed by atoms with Crippen molar-refractivity contribution < 1.29 is 16.8 Å². The Bertz CT molecular complexity index is 1230. The molecule has 0 fully saturated rings. The molecule has 0 bridgehead atoms. The standard InChI is InChI=1S/C23H28N2O4S3/c1-17(2)15-23(19-7-5-4-6-8-19)32(28,29)24-16-21-13-14-22(30-21)18-9-11-20(12-10-18)25-31(3,26)27/h4-14,17,23-25H,15-16H2,1-3H3. The highest BCUT2D eigenvalue weighted by Gasteiger charge is 2.27. The molecule has 32 heavy (non-hydrogen) atoms. The predicted octanol–water partition coefficient (Wildman–Crippen LogP) is 4.99. The molecular formula is C23H28N2O4S3. The Balaban J connectivity index is 1.71. The zero-order valence-corrected chi connectivity index (χ0v) is 20.7. The summed E-state index contributed by atoms with van der Waals surface area (Å²) in [4.78, 5) is 1.88. The van der Waals surface area contributed by atoms with Crippen LogP contribution in [0.3, 0.4) is 0 Å². The first-order chi connectivity index (χ1) is 15.0. The van der Waals surface area contributed by atoms with Crippen LogP contribution < -0.4 is 9.44 Å². The highest BCUT2D eigenvalue weighted by molar-refractivity contribution is 7.92. The van der Waals surface area contributed by atoms with E-state index in [1.165, 1.54) is 11.3 Å². The van der Waals surface area contributed by atoms with Gasteiger partial charge in [0.05, 0.1) is 6.26 Å². The van der Waals surface area contributed by atoms with Gasteiger partial charge in [0, 0.05) is 22.0 Å². The molecule has 3 aromatic rings. The zero-order valence-electron chi connectivity index (χ0n) is 18.3. The molecule has 0 radical (unpaired) electrons. The van der Waals surface area contributed by atoms with E-state index in [1.54, 1.807) is 12.1 Å². The summed E-state index contributed by atoms with van der Waals surface area (Å²) in [6.07, 6.45) is 1.65. The van der Waals surface area contributed by atoms with E-state index < -0.39 is 25.3 Å². The van der Waals surface area contributed by atoms with Gasteiger partial charge >= 0.3 is 0 Å². The SMILES string of the molecule is CC(C)CC(c1ccccc1)S(=O)(=O)NCc1ccc(-c2ccc(NS(C)(=O)=O)cc2)s1. The van der Waals surface area contributed by atoms with Gasteiger partial charge in [-0.15, -0.1) is 11.3 Å². The highest BCUT2D eigenvalue weighted by Crippen LogP contribution is 2.31. The first-order valence-corrected chi connectivity index (χ1v) is 14.5. The molecule has 1 unspecified atom stereocenters. The minimum atomic E-state index is -3.56. The van der Waals surface area contributed by atoms with E-state index in [4.69, 9.17) is 0 Å². The van der Waals surface area contributed by atoms with Gasteiger partial charge in [-0.05, 0) is 47.7 Å². The summed E-state index contributed by atoms with van der Waals surface area (Å²) in [7, 11) is -6.87. The lowest BCUT2D eigenvalue weighted by atomic mass is 10.0. The lowest BCUT2D eigenvalue weighted by molar-refractivity contribution is 0.522. The maximum Gasteiger partial charge on any atom is 0.229 e. The number of sulfonamides is 2. The second-order valence-corrected chi connectivity index (χ2v) is 13.0. The lowest BCUT2D eigenvalue weighted by Gasteiger charge is -2.20. The third kappa shape index (κ3) is 6.90. The van der Waals surface area contributed by atoms with Crippen LogP contribution >= 0.6 is 11.3 Å². The molecule has 172 valence electrons. The van der Waals surface area contributed by atoms with Crippen LogP contribution in [0.2, 0.25) is 0 Å². The Morgan fingerprint density at radius 3 is 2.12 bits per heavy atom. The van der Waals surface area contributed by atoms with Crippen molar-refractivity contribution in [2.45, 2.75) is 32.1 Å². The molecule has 1 aromatic heterocycles. The second kappa shape index (κ2) is 10.2. The van der Waals surface area contributed by atoms with Crippen LogP contribution in [0.15, 0.2) is 66.7 Å². The van der Waals surface area contributed by atoms with Crippen LogP contribution in [0.25, 0.3) is 10.4 Å². The Hall–Kier alpha value is -2.20. The van der Waals surface area contributed by atoms with Gasteiger partial charge in [0.15, 0.2) is 0 Å². The molecule has 0 saturated heterocycles. The fourth-order valence-corrected chi connectivity index (χ4v) is 6.67. The summed E-state index contributed by atoms with van der Waals surface area (Å²) in [5.41, 5.74) is 2.23.